The highest BCUT2D eigenvalue weighted by Gasteiger charge is 2.35. The highest BCUT2D eigenvalue weighted by atomic mass is 19.1. The Morgan fingerprint density at radius 2 is 2.17 bits per heavy atom. The van der Waals surface area contributed by atoms with E-state index in [1.165, 1.54) is 12.1 Å². The minimum Gasteiger partial charge on any atom is -0.391 e. The first-order valence-corrected chi connectivity index (χ1v) is 7.76. The number of likely N-dealkylation sites (tertiary alicyclic amines) is 1. The van der Waals surface area contributed by atoms with Crippen molar-refractivity contribution in [2.24, 2.45) is 0 Å². The second-order valence-corrected chi connectivity index (χ2v) is 5.83. The molecule has 3 rings (SSSR count). The summed E-state index contributed by atoms with van der Waals surface area (Å²) in [6, 6.07) is 11.6. The molecule has 1 saturated heterocycles. The molecule has 1 aromatic heterocycles. The first kappa shape index (κ1) is 15.6. The van der Waals surface area contributed by atoms with E-state index < -0.39 is 6.10 Å². The van der Waals surface area contributed by atoms with E-state index in [-0.39, 0.29) is 17.8 Å². The van der Waals surface area contributed by atoms with Crippen LogP contribution in [0.25, 0.3) is 0 Å². The summed E-state index contributed by atoms with van der Waals surface area (Å²) < 4.78 is 13.4. The number of hydrogen-bond acceptors (Lipinski definition) is 3. The number of aryl methyl sites for hydroxylation is 1. The van der Waals surface area contributed by atoms with Gasteiger partial charge in [0.15, 0.2) is 0 Å². The molecule has 2 heterocycles. The number of aromatic nitrogens is 1. The number of benzene rings is 1. The van der Waals surface area contributed by atoms with Crippen LogP contribution in [0.1, 0.15) is 30.1 Å². The average molecular weight is 314 g/mol. The smallest absolute Gasteiger partial charge is 0.223 e. The van der Waals surface area contributed by atoms with E-state index in [9.17, 15) is 14.3 Å². The second kappa shape index (κ2) is 6.87. The highest BCUT2D eigenvalue weighted by Crippen LogP contribution is 2.33. The number of halogens is 1. The SMILES string of the molecule is O=C(CCc1ccccn1)N1C[C@@H](O)C[C@H]1c1cccc(F)c1. The molecule has 0 bridgehead atoms. The van der Waals surface area contributed by atoms with Crippen LogP contribution in [-0.2, 0) is 11.2 Å². The zero-order valence-corrected chi connectivity index (χ0v) is 12.7. The third-order valence-corrected chi connectivity index (χ3v) is 4.15. The van der Waals surface area contributed by atoms with Crippen LogP contribution in [-0.4, -0.2) is 33.5 Å². The van der Waals surface area contributed by atoms with Crippen molar-refractivity contribution in [3.05, 3.63) is 65.7 Å². The molecule has 1 amide bonds. The van der Waals surface area contributed by atoms with Crippen LogP contribution in [0, 0.1) is 5.82 Å². The number of carbonyl (C=O) groups excluding carboxylic acids is 1. The first-order valence-electron chi connectivity index (χ1n) is 7.76. The Morgan fingerprint density at radius 3 is 2.91 bits per heavy atom. The number of aliphatic hydroxyl groups is 1. The van der Waals surface area contributed by atoms with Gasteiger partial charge in [-0.3, -0.25) is 9.78 Å². The van der Waals surface area contributed by atoms with Crippen LogP contribution in [0.2, 0.25) is 0 Å². The lowest BCUT2D eigenvalue weighted by atomic mass is 10.0. The summed E-state index contributed by atoms with van der Waals surface area (Å²) >= 11 is 0. The summed E-state index contributed by atoms with van der Waals surface area (Å²) in [5.41, 5.74) is 1.59. The van der Waals surface area contributed by atoms with Gasteiger partial charge in [0.05, 0.1) is 12.1 Å². The number of amides is 1. The van der Waals surface area contributed by atoms with E-state index in [0.717, 1.165) is 11.3 Å². The molecule has 2 atom stereocenters. The Labute approximate surface area is 134 Å². The fourth-order valence-electron chi connectivity index (χ4n) is 3.04. The Bertz CT molecular complexity index is 678. The summed E-state index contributed by atoms with van der Waals surface area (Å²) in [5, 5.41) is 9.93. The Hall–Kier alpha value is -2.27. The molecule has 0 aliphatic carbocycles. The number of β-amino-alcohol motifs (C(OH)–C–C–N with tert-alkyl or cyclic N) is 1. The summed E-state index contributed by atoms with van der Waals surface area (Å²) in [4.78, 5) is 18.4. The number of pyridine rings is 1. The molecule has 2 aromatic rings. The van der Waals surface area contributed by atoms with Gasteiger partial charge in [0.1, 0.15) is 5.82 Å². The highest BCUT2D eigenvalue weighted by molar-refractivity contribution is 5.77. The Balaban J connectivity index is 1.70. The lowest BCUT2D eigenvalue weighted by Gasteiger charge is -2.25. The van der Waals surface area contributed by atoms with Crippen LogP contribution < -0.4 is 0 Å². The summed E-state index contributed by atoms with van der Waals surface area (Å²) in [6.45, 7) is 0.294. The third-order valence-electron chi connectivity index (χ3n) is 4.15. The van der Waals surface area contributed by atoms with Gasteiger partial charge in [0.25, 0.3) is 0 Å². The van der Waals surface area contributed by atoms with Crippen LogP contribution in [0.5, 0.6) is 0 Å². The lowest BCUT2D eigenvalue weighted by molar-refractivity contribution is -0.132. The maximum absolute atomic E-state index is 13.4. The van der Waals surface area contributed by atoms with E-state index in [4.69, 9.17) is 0 Å². The minimum absolute atomic E-state index is 0.0403. The Morgan fingerprint density at radius 1 is 1.30 bits per heavy atom. The van der Waals surface area contributed by atoms with Gasteiger partial charge in [-0.2, -0.15) is 0 Å². The standard InChI is InChI=1S/C18H19FN2O2/c19-14-5-3-4-13(10-14)17-11-16(22)12-21(17)18(23)8-7-15-6-1-2-9-20-15/h1-6,9-10,16-17,22H,7-8,11-12H2/t16-,17-/m0/s1. The molecule has 1 aliphatic heterocycles. The predicted octanol–water partition coefficient (Wildman–Crippen LogP) is 2.49. The largest absolute Gasteiger partial charge is 0.391 e. The van der Waals surface area contributed by atoms with E-state index >= 15 is 0 Å². The van der Waals surface area contributed by atoms with Crippen LogP contribution >= 0.6 is 0 Å². The Kier molecular flexibility index (Phi) is 4.67. The van der Waals surface area contributed by atoms with Gasteiger partial charge in [-0.05, 0) is 42.7 Å². The lowest BCUT2D eigenvalue weighted by Crippen LogP contribution is -2.32. The molecule has 1 fully saturated rings. The maximum atomic E-state index is 13.4. The fourth-order valence-corrected chi connectivity index (χ4v) is 3.04. The van der Waals surface area contributed by atoms with Crippen molar-refractivity contribution < 1.29 is 14.3 Å². The van der Waals surface area contributed by atoms with Crippen molar-refractivity contribution in [2.75, 3.05) is 6.54 Å². The first-order chi connectivity index (χ1) is 11.1. The van der Waals surface area contributed by atoms with Gasteiger partial charge in [-0.1, -0.05) is 18.2 Å². The third kappa shape index (κ3) is 3.74. The monoisotopic (exact) mass is 314 g/mol. The van der Waals surface area contributed by atoms with Crippen molar-refractivity contribution in [2.45, 2.75) is 31.4 Å². The number of rotatable bonds is 4. The van der Waals surface area contributed by atoms with E-state index in [2.05, 4.69) is 4.98 Å². The van der Waals surface area contributed by atoms with E-state index in [0.29, 0.717) is 25.8 Å². The maximum Gasteiger partial charge on any atom is 0.223 e. The second-order valence-electron chi connectivity index (χ2n) is 5.83. The molecule has 0 saturated carbocycles. The van der Waals surface area contributed by atoms with E-state index in [1.807, 2.05) is 18.2 Å². The molecular formula is C18H19FN2O2. The number of carbonyl (C=O) groups is 1. The predicted molar refractivity (Wildman–Crippen MR) is 84.0 cm³/mol. The van der Waals surface area contributed by atoms with Gasteiger partial charge < -0.3 is 10.0 Å². The minimum atomic E-state index is -0.568. The number of hydrogen-bond donors (Lipinski definition) is 1. The van der Waals surface area contributed by atoms with E-state index in [1.54, 1.807) is 23.2 Å². The topological polar surface area (TPSA) is 53.4 Å². The van der Waals surface area contributed by atoms with Crippen LogP contribution in [0.3, 0.4) is 0 Å². The molecule has 5 heteroatoms. The van der Waals surface area contributed by atoms with Crippen molar-refractivity contribution in [3.63, 3.8) is 0 Å². The molecule has 0 spiro atoms. The van der Waals surface area contributed by atoms with Gasteiger partial charge in [0, 0.05) is 24.9 Å². The van der Waals surface area contributed by atoms with Crippen molar-refractivity contribution in [1.82, 2.24) is 9.88 Å². The zero-order valence-electron chi connectivity index (χ0n) is 12.7. The van der Waals surface area contributed by atoms with Crippen LogP contribution in [0.15, 0.2) is 48.7 Å². The molecular weight excluding hydrogens is 295 g/mol. The molecule has 1 N–H and O–H groups in total. The quantitative estimate of drug-likeness (QED) is 0.943. The van der Waals surface area contributed by atoms with Crippen molar-refractivity contribution in [1.29, 1.82) is 0 Å². The summed E-state index contributed by atoms with van der Waals surface area (Å²) in [7, 11) is 0. The summed E-state index contributed by atoms with van der Waals surface area (Å²) in [5.74, 6) is -0.369. The average Bonchev–Trinajstić information content (AvgIpc) is 2.96. The fraction of sp³-hybridized carbons (Fsp3) is 0.333. The normalized spacial score (nSPS) is 20.7. The van der Waals surface area contributed by atoms with Gasteiger partial charge in [-0.25, -0.2) is 4.39 Å². The molecule has 0 radical (unpaired) electrons. The zero-order chi connectivity index (χ0) is 16.2. The van der Waals surface area contributed by atoms with Crippen LogP contribution in [0.4, 0.5) is 4.39 Å². The van der Waals surface area contributed by atoms with Gasteiger partial charge in [-0.15, -0.1) is 0 Å². The molecule has 4 nitrogen and oxygen atoms in total. The molecule has 0 unspecified atom stereocenters. The summed E-state index contributed by atoms with van der Waals surface area (Å²) in [6.07, 6.45) is 2.47. The van der Waals surface area contributed by atoms with Crippen molar-refractivity contribution >= 4 is 5.91 Å². The van der Waals surface area contributed by atoms with Gasteiger partial charge >= 0.3 is 0 Å². The molecule has 23 heavy (non-hydrogen) atoms. The van der Waals surface area contributed by atoms with Crippen molar-refractivity contribution in [3.8, 4) is 0 Å². The molecule has 1 aliphatic rings. The molecule has 1 aromatic carbocycles. The van der Waals surface area contributed by atoms with Gasteiger partial charge in [0.2, 0.25) is 5.91 Å². The number of nitrogens with zero attached hydrogens (tertiary/aromatic N) is 2. The number of aliphatic hydroxyl groups excluding tert-OH is 1. The molecule has 120 valence electrons.